The van der Waals surface area contributed by atoms with E-state index in [4.69, 9.17) is 4.74 Å². The van der Waals surface area contributed by atoms with Gasteiger partial charge in [0.25, 0.3) is 5.91 Å². The van der Waals surface area contributed by atoms with E-state index in [2.05, 4.69) is 10.4 Å². The van der Waals surface area contributed by atoms with Crippen molar-refractivity contribution in [2.24, 2.45) is 0 Å². The molecule has 3 rings (SSSR count). The van der Waals surface area contributed by atoms with E-state index in [0.29, 0.717) is 23.5 Å². The van der Waals surface area contributed by atoms with Crippen molar-refractivity contribution in [3.63, 3.8) is 0 Å². The summed E-state index contributed by atoms with van der Waals surface area (Å²) in [5.74, 6) is -0.852. The second kappa shape index (κ2) is 9.06. The Morgan fingerprint density at radius 2 is 1.90 bits per heavy atom. The van der Waals surface area contributed by atoms with Crippen molar-refractivity contribution in [1.82, 2.24) is 15.1 Å². The number of carbonyl (C=O) groups excluding carboxylic acids is 2. The van der Waals surface area contributed by atoms with Crippen LogP contribution in [0.3, 0.4) is 0 Å². The Hall–Kier alpha value is -3.23. The molecule has 1 heterocycles. The highest BCUT2D eigenvalue weighted by Gasteiger charge is 2.24. The number of ether oxygens (including phenoxy) is 1. The molecule has 0 spiro atoms. The topological polar surface area (TPSA) is 116 Å². The predicted octanol–water partition coefficient (Wildman–Crippen LogP) is 3.06. The van der Waals surface area contributed by atoms with Crippen molar-refractivity contribution in [3.05, 3.63) is 56.9 Å². The molecule has 160 valence electrons. The maximum absolute atomic E-state index is 12.3. The Balaban J connectivity index is 1.59. The van der Waals surface area contributed by atoms with Gasteiger partial charge < -0.3 is 10.1 Å². The van der Waals surface area contributed by atoms with E-state index in [-0.39, 0.29) is 17.6 Å². The lowest BCUT2D eigenvalue weighted by atomic mass is 10.1. The number of benzene rings is 1. The molecule has 1 atom stereocenters. The Labute approximate surface area is 174 Å². The molecule has 1 aliphatic rings. The Morgan fingerprint density at radius 1 is 1.27 bits per heavy atom. The third-order valence-corrected chi connectivity index (χ3v) is 5.40. The minimum atomic E-state index is -0.868. The molecule has 1 aromatic carbocycles. The Kier molecular flexibility index (Phi) is 6.49. The summed E-state index contributed by atoms with van der Waals surface area (Å²) < 4.78 is 6.85. The third-order valence-electron chi connectivity index (χ3n) is 5.40. The number of amides is 1. The van der Waals surface area contributed by atoms with Gasteiger partial charge in [-0.15, -0.1) is 0 Å². The molecule has 1 amide bonds. The average molecular weight is 414 g/mol. The fourth-order valence-electron chi connectivity index (χ4n) is 3.70. The van der Waals surface area contributed by atoms with Gasteiger partial charge in [0.1, 0.15) is 11.4 Å². The van der Waals surface area contributed by atoms with E-state index in [1.165, 1.54) is 0 Å². The van der Waals surface area contributed by atoms with Gasteiger partial charge in [0.15, 0.2) is 6.10 Å². The minimum absolute atomic E-state index is 0.0140. The van der Waals surface area contributed by atoms with Crippen LogP contribution in [0.25, 0.3) is 0 Å². The van der Waals surface area contributed by atoms with Crippen LogP contribution in [0.2, 0.25) is 0 Å². The number of nitrogens with zero attached hydrogens (tertiary/aromatic N) is 3. The number of aryl methyl sites for hydroxylation is 1. The second-order valence-electron chi connectivity index (χ2n) is 7.67. The maximum Gasteiger partial charge on any atom is 0.338 e. The quantitative estimate of drug-likeness (QED) is 0.423. The molecule has 0 radical (unpaired) electrons. The van der Waals surface area contributed by atoms with Crippen LogP contribution in [0.5, 0.6) is 0 Å². The Morgan fingerprint density at radius 3 is 2.47 bits per heavy atom. The lowest BCUT2D eigenvalue weighted by Crippen LogP contribution is -2.40. The van der Waals surface area contributed by atoms with Crippen LogP contribution in [-0.2, 0) is 16.1 Å². The molecule has 9 nitrogen and oxygen atoms in total. The van der Waals surface area contributed by atoms with Crippen LogP contribution in [0.1, 0.15) is 59.9 Å². The van der Waals surface area contributed by atoms with Gasteiger partial charge >= 0.3 is 11.7 Å². The summed E-state index contributed by atoms with van der Waals surface area (Å²) in [5.41, 5.74) is 2.02. The van der Waals surface area contributed by atoms with Crippen LogP contribution in [0.15, 0.2) is 24.3 Å². The number of nitro groups is 1. The Bertz CT molecular complexity index is 945. The molecule has 2 aromatic rings. The van der Waals surface area contributed by atoms with Gasteiger partial charge in [-0.2, -0.15) is 5.10 Å². The number of esters is 1. The zero-order valence-electron chi connectivity index (χ0n) is 17.4. The smallest absolute Gasteiger partial charge is 0.338 e. The van der Waals surface area contributed by atoms with Gasteiger partial charge in [-0.3, -0.25) is 19.6 Å². The van der Waals surface area contributed by atoms with Crippen LogP contribution in [-0.4, -0.2) is 38.7 Å². The van der Waals surface area contributed by atoms with Crippen molar-refractivity contribution in [2.75, 3.05) is 0 Å². The lowest BCUT2D eigenvalue weighted by Gasteiger charge is -2.17. The largest absolute Gasteiger partial charge is 0.449 e. The molecule has 1 saturated carbocycles. The fraction of sp³-hybridized carbons (Fsp3) is 0.476. The summed E-state index contributed by atoms with van der Waals surface area (Å²) in [6.45, 7) is 5.16. The van der Waals surface area contributed by atoms with Crippen molar-refractivity contribution in [1.29, 1.82) is 0 Å². The van der Waals surface area contributed by atoms with Crippen LogP contribution in [0, 0.1) is 24.0 Å². The van der Waals surface area contributed by atoms with E-state index in [1.54, 1.807) is 49.7 Å². The van der Waals surface area contributed by atoms with E-state index in [0.717, 1.165) is 31.2 Å². The SMILES string of the molecule is Cc1nn(Cc2ccc(C(=O)O[C@H](C)C(=O)NC3CCCC3)cc2)c(C)c1[N+](=O)[O-]. The summed E-state index contributed by atoms with van der Waals surface area (Å²) in [6.07, 6.45) is 3.28. The first-order valence-electron chi connectivity index (χ1n) is 10.0. The predicted molar refractivity (Wildman–Crippen MR) is 109 cm³/mol. The number of aromatic nitrogens is 2. The maximum atomic E-state index is 12.3. The van der Waals surface area contributed by atoms with Crippen molar-refractivity contribution in [3.8, 4) is 0 Å². The molecule has 9 heteroatoms. The highest BCUT2D eigenvalue weighted by Crippen LogP contribution is 2.22. The molecular formula is C21H26N4O5. The van der Waals surface area contributed by atoms with Crippen molar-refractivity contribution in [2.45, 2.75) is 65.1 Å². The highest BCUT2D eigenvalue weighted by molar-refractivity contribution is 5.92. The number of carbonyl (C=O) groups is 2. The highest BCUT2D eigenvalue weighted by atomic mass is 16.6. The molecule has 0 unspecified atom stereocenters. The minimum Gasteiger partial charge on any atom is -0.449 e. The first-order chi connectivity index (χ1) is 14.3. The van der Waals surface area contributed by atoms with Gasteiger partial charge in [-0.05, 0) is 51.3 Å². The summed E-state index contributed by atoms with van der Waals surface area (Å²) in [5, 5.41) is 18.3. The summed E-state index contributed by atoms with van der Waals surface area (Å²) in [6, 6.07) is 6.87. The summed E-state index contributed by atoms with van der Waals surface area (Å²) in [7, 11) is 0. The molecular weight excluding hydrogens is 388 g/mol. The third kappa shape index (κ3) is 4.84. The van der Waals surface area contributed by atoms with Crippen LogP contribution >= 0.6 is 0 Å². The van der Waals surface area contributed by atoms with Gasteiger partial charge in [0, 0.05) is 6.04 Å². The normalized spacial score (nSPS) is 15.0. The summed E-state index contributed by atoms with van der Waals surface area (Å²) in [4.78, 5) is 35.2. The number of hydrogen-bond acceptors (Lipinski definition) is 6. The molecule has 0 bridgehead atoms. The first kappa shape index (κ1) is 21.5. The van der Waals surface area contributed by atoms with Gasteiger partial charge in [-0.25, -0.2) is 4.79 Å². The lowest BCUT2D eigenvalue weighted by molar-refractivity contribution is -0.386. The van der Waals surface area contributed by atoms with E-state index in [1.807, 2.05) is 0 Å². The van der Waals surface area contributed by atoms with Gasteiger partial charge in [0.2, 0.25) is 0 Å². The number of nitrogens with one attached hydrogen (secondary N) is 1. The van der Waals surface area contributed by atoms with E-state index >= 15 is 0 Å². The molecule has 1 N–H and O–H groups in total. The van der Waals surface area contributed by atoms with Crippen molar-refractivity contribution < 1.29 is 19.2 Å². The zero-order chi connectivity index (χ0) is 21.8. The van der Waals surface area contributed by atoms with Gasteiger partial charge in [-0.1, -0.05) is 25.0 Å². The number of rotatable bonds is 7. The zero-order valence-corrected chi connectivity index (χ0v) is 17.4. The van der Waals surface area contributed by atoms with E-state index < -0.39 is 17.0 Å². The molecule has 1 fully saturated rings. The molecule has 1 aromatic heterocycles. The molecule has 0 aliphatic heterocycles. The first-order valence-corrected chi connectivity index (χ1v) is 10.0. The summed E-state index contributed by atoms with van der Waals surface area (Å²) >= 11 is 0. The standard InChI is InChI=1S/C21H26N4O5/c1-13-19(25(28)29)14(2)24(23-13)12-16-8-10-17(11-9-16)21(27)30-15(3)20(26)22-18-6-4-5-7-18/h8-11,15,18H,4-7,12H2,1-3H3,(H,22,26)/t15-/m1/s1. The van der Waals surface area contributed by atoms with Crippen LogP contribution < -0.4 is 5.32 Å². The molecule has 30 heavy (non-hydrogen) atoms. The fourth-order valence-corrected chi connectivity index (χ4v) is 3.70. The number of hydrogen-bond donors (Lipinski definition) is 1. The monoisotopic (exact) mass is 414 g/mol. The van der Waals surface area contributed by atoms with Crippen LogP contribution in [0.4, 0.5) is 5.69 Å². The van der Waals surface area contributed by atoms with Gasteiger partial charge in [0.05, 0.1) is 17.0 Å². The second-order valence-corrected chi connectivity index (χ2v) is 7.67. The van der Waals surface area contributed by atoms with Crippen molar-refractivity contribution >= 4 is 17.6 Å². The average Bonchev–Trinajstić information content (AvgIpc) is 3.29. The molecule has 1 aliphatic carbocycles. The van der Waals surface area contributed by atoms with E-state index in [9.17, 15) is 19.7 Å². The molecule has 0 saturated heterocycles.